The Kier molecular flexibility index (Phi) is 7.20. The van der Waals surface area contributed by atoms with Crippen LogP contribution in [-0.2, 0) is 15.1 Å². The fraction of sp³-hybridized carbons (Fsp3) is 0.156. The Morgan fingerprint density at radius 2 is 1.54 bits per heavy atom. The number of nitrogens with zero attached hydrogens (tertiary/aromatic N) is 3. The predicted molar refractivity (Wildman–Crippen MR) is 153 cm³/mol. The maximum atomic E-state index is 12.6. The molecule has 0 unspecified atom stereocenters. The van der Waals surface area contributed by atoms with E-state index in [-0.39, 0.29) is 6.61 Å². The molecule has 9 heteroatoms. The molecule has 2 aromatic heterocycles. The van der Waals surface area contributed by atoms with Crippen molar-refractivity contribution in [1.29, 1.82) is 0 Å². The lowest BCUT2D eigenvalue weighted by Gasteiger charge is -2.37. The summed E-state index contributed by atoms with van der Waals surface area (Å²) in [6, 6.07) is 29.2. The molecule has 6 rings (SSSR count). The fourth-order valence-corrected chi connectivity index (χ4v) is 5.22. The van der Waals surface area contributed by atoms with Crippen molar-refractivity contribution in [2.45, 2.75) is 17.9 Å². The molecule has 1 aliphatic heterocycles. The first-order valence-electron chi connectivity index (χ1n) is 13.1. The Balaban J connectivity index is 1.43. The van der Waals surface area contributed by atoms with E-state index in [1.165, 1.54) is 16.8 Å². The standard InChI is InChI=1S/C32H28N4O5/c1-39-26-14-12-25(13-15-26)32(23-8-4-2-5-9-23,24-10-6-3-7-11-24)40-21-28-27(35-19-17-33-22-35)20-30(41-28)36-18-16-29(37)34-31(36)38/h2-20,22,28,30H,21H2,1H3,(H,34,37,38)/t28-,30-/m1/s1. The van der Waals surface area contributed by atoms with Crippen LogP contribution >= 0.6 is 0 Å². The monoisotopic (exact) mass is 548 g/mol. The molecule has 0 amide bonds. The van der Waals surface area contributed by atoms with Gasteiger partial charge in [0.1, 0.15) is 17.5 Å². The first-order valence-corrected chi connectivity index (χ1v) is 13.1. The molecule has 1 N–H and O–H groups in total. The van der Waals surface area contributed by atoms with Gasteiger partial charge in [0.25, 0.3) is 5.56 Å². The second-order valence-electron chi connectivity index (χ2n) is 9.55. The summed E-state index contributed by atoms with van der Waals surface area (Å²) in [6.45, 7) is 0.133. The SMILES string of the molecule is COc1ccc(C(OC[C@H]2O[C@@H](n3ccc(=O)[nH]c3=O)C=C2n2ccnc2)(c2ccccc2)c2ccccc2)cc1. The number of aromatic amines is 1. The zero-order valence-corrected chi connectivity index (χ0v) is 22.3. The summed E-state index contributed by atoms with van der Waals surface area (Å²) in [6.07, 6.45) is 7.08. The Bertz CT molecular complexity index is 1700. The van der Waals surface area contributed by atoms with Crippen LogP contribution in [0.5, 0.6) is 5.75 Å². The molecule has 0 radical (unpaired) electrons. The zero-order chi connectivity index (χ0) is 28.2. The van der Waals surface area contributed by atoms with Gasteiger partial charge in [-0.2, -0.15) is 0 Å². The van der Waals surface area contributed by atoms with E-state index in [2.05, 4.69) is 9.97 Å². The summed E-state index contributed by atoms with van der Waals surface area (Å²) in [5, 5.41) is 0. The van der Waals surface area contributed by atoms with E-state index >= 15 is 0 Å². The molecule has 5 aromatic rings. The lowest BCUT2D eigenvalue weighted by molar-refractivity contribution is -0.0671. The third-order valence-electron chi connectivity index (χ3n) is 7.18. The zero-order valence-electron chi connectivity index (χ0n) is 22.3. The van der Waals surface area contributed by atoms with Crippen molar-refractivity contribution in [2.24, 2.45) is 0 Å². The van der Waals surface area contributed by atoms with Crippen LogP contribution in [0.2, 0.25) is 0 Å². The molecule has 0 saturated carbocycles. The van der Waals surface area contributed by atoms with E-state index in [1.54, 1.807) is 19.6 Å². The van der Waals surface area contributed by atoms with Gasteiger partial charge in [0.15, 0.2) is 6.23 Å². The van der Waals surface area contributed by atoms with Gasteiger partial charge in [-0.1, -0.05) is 72.8 Å². The minimum absolute atomic E-state index is 0.133. The Morgan fingerprint density at radius 1 is 0.878 bits per heavy atom. The first kappa shape index (κ1) is 26.2. The number of nitrogens with one attached hydrogen (secondary N) is 1. The maximum Gasteiger partial charge on any atom is 0.330 e. The summed E-state index contributed by atoms with van der Waals surface area (Å²) in [5.41, 5.74) is 1.52. The second kappa shape index (κ2) is 11.2. The van der Waals surface area contributed by atoms with Crippen LogP contribution in [-0.4, -0.2) is 38.9 Å². The summed E-state index contributed by atoms with van der Waals surface area (Å²) in [5.74, 6) is 0.738. The van der Waals surface area contributed by atoms with E-state index in [9.17, 15) is 9.59 Å². The van der Waals surface area contributed by atoms with E-state index in [0.29, 0.717) is 0 Å². The minimum atomic E-state index is -0.995. The Hall–Kier alpha value is -4.99. The van der Waals surface area contributed by atoms with Gasteiger partial charge in [-0.05, 0) is 34.9 Å². The highest BCUT2D eigenvalue weighted by Crippen LogP contribution is 2.42. The smallest absolute Gasteiger partial charge is 0.330 e. The first-order chi connectivity index (χ1) is 20.1. The van der Waals surface area contributed by atoms with Gasteiger partial charge >= 0.3 is 5.69 Å². The number of benzene rings is 3. The lowest BCUT2D eigenvalue weighted by atomic mass is 9.80. The molecular weight excluding hydrogens is 520 g/mol. The number of hydrogen-bond donors (Lipinski definition) is 1. The average molecular weight is 549 g/mol. The van der Waals surface area contributed by atoms with Gasteiger partial charge in [-0.25, -0.2) is 9.78 Å². The largest absolute Gasteiger partial charge is 0.497 e. The molecule has 0 aliphatic carbocycles. The Morgan fingerprint density at radius 3 is 2.12 bits per heavy atom. The third-order valence-corrected chi connectivity index (χ3v) is 7.18. The number of hydrogen-bond acceptors (Lipinski definition) is 6. The summed E-state index contributed by atoms with van der Waals surface area (Å²) in [7, 11) is 1.64. The van der Waals surface area contributed by atoms with E-state index in [1.807, 2.05) is 102 Å². The number of aromatic nitrogens is 4. The van der Waals surface area contributed by atoms with Crippen molar-refractivity contribution in [3.63, 3.8) is 0 Å². The number of H-pyrrole nitrogens is 1. The number of imidazole rings is 1. The van der Waals surface area contributed by atoms with E-state index in [0.717, 1.165) is 28.1 Å². The number of rotatable bonds is 9. The number of ether oxygens (including phenoxy) is 3. The minimum Gasteiger partial charge on any atom is -0.497 e. The van der Waals surface area contributed by atoms with Crippen LogP contribution in [0.25, 0.3) is 5.70 Å². The average Bonchev–Trinajstić information content (AvgIpc) is 3.69. The third kappa shape index (κ3) is 5.04. The summed E-state index contributed by atoms with van der Waals surface area (Å²) >= 11 is 0. The van der Waals surface area contributed by atoms with Gasteiger partial charge in [0, 0.05) is 24.7 Å². The molecule has 3 aromatic carbocycles. The predicted octanol–water partition coefficient (Wildman–Crippen LogP) is 4.19. The van der Waals surface area contributed by atoms with Crippen LogP contribution in [0.15, 0.2) is 132 Å². The molecule has 206 valence electrons. The molecule has 0 bridgehead atoms. The van der Waals surface area contributed by atoms with Gasteiger partial charge in [-0.3, -0.25) is 14.3 Å². The van der Waals surface area contributed by atoms with Crippen molar-refractivity contribution in [3.05, 3.63) is 160 Å². The van der Waals surface area contributed by atoms with Gasteiger partial charge in [0.05, 0.1) is 25.7 Å². The van der Waals surface area contributed by atoms with E-state index < -0.39 is 29.2 Å². The normalized spacial score (nSPS) is 16.9. The van der Waals surface area contributed by atoms with E-state index in [4.69, 9.17) is 14.2 Å². The molecule has 0 saturated heterocycles. The van der Waals surface area contributed by atoms with Gasteiger partial charge in [0.2, 0.25) is 0 Å². The highest BCUT2D eigenvalue weighted by molar-refractivity contribution is 5.54. The molecule has 0 fully saturated rings. The molecule has 2 atom stereocenters. The summed E-state index contributed by atoms with van der Waals surface area (Å²) in [4.78, 5) is 30.7. The van der Waals surface area contributed by atoms with Gasteiger partial charge in [-0.15, -0.1) is 0 Å². The molecule has 1 aliphatic rings. The molecule has 0 spiro atoms. The lowest BCUT2D eigenvalue weighted by Crippen LogP contribution is -2.37. The highest BCUT2D eigenvalue weighted by Gasteiger charge is 2.40. The highest BCUT2D eigenvalue weighted by atomic mass is 16.6. The summed E-state index contributed by atoms with van der Waals surface area (Å²) < 4.78 is 22.0. The van der Waals surface area contributed by atoms with Crippen LogP contribution in [0.4, 0.5) is 0 Å². The second-order valence-corrected chi connectivity index (χ2v) is 9.55. The van der Waals surface area contributed by atoms with Crippen molar-refractivity contribution in [2.75, 3.05) is 13.7 Å². The topological polar surface area (TPSA) is 100 Å². The molecule has 3 heterocycles. The maximum absolute atomic E-state index is 12.6. The van der Waals surface area contributed by atoms with Crippen LogP contribution in [0.3, 0.4) is 0 Å². The van der Waals surface area contributed by atoms with Crippen molar-refractivity contribution >= 4 is 5.70 Å². The van der Waals surface area contributed by atoms with Crippen LogP contribution < -0.4 is 16.0 Å². The molecular formula is C32H28N4O5. The van der Waals surface area contributed by atoms with Crippen molar-refractivity contribution in [1.82, 2.24) is 19.1 Å². The van der Waals surface area contributed by atoms with Crippen LogP contribution in [0.1, 0.15) is 22.9 Å². The molecule has 9 nitrogen and oxygen atoms in total. The fourth-order valence-electron chi connectivity index (χ4n) is 5.22. The molecule has 41 heavy (non-hydrogen) atoms. The quantitative estimate of drug-likeness (QED) is 0.277. The Labute approximate surface area is 235 Å². The van der Waals surface area contributed by atoms with Gasteiger partial charge < -0.3 is 18.8 Å². The number of methoxy groups -OCH3 is 1. The van der Waals surface area contributed by atoms with Crippen LogP contribution in [0, 0.1) is 0 Å². The van der Waals surface area contributed by atoms with Crippen molar-refractivity contribution < 1.29 is 14.2 Å². The van der Waals surface area contributed by atoms with Crippen molar-refractivity contribution in [3.8, 4) is 5.75 Å².